The lowest BCUT2D eigenvalue weighted by molar-refractivity contribution is 0.0949. The van der Waals surface area contributed by atoms with E-state index in [1.165, 1.54) is 0 Å². The van der Waals surface area contributed by atoms with Crippen LogP contribution in [-0.4, -0.2) is 32.2 Å². The molecule has 1 aromatic carbocycles. The van der Waals surface area contributed by atoms with Gasteiger partial charge < -0.3 is 11.1 Å². The lowest BCUT2D eigenvalue weighted by Gasteiger charge is -2.08. The molecule has 0 spiro atoms. The fourth-order valence-electron chi connectivity index (χ4n) is 2.47. The summed E-state index contributed by atoms with van der Waals surface area (Å²) in [5.74, 6) is 0.518. The van der Waals surface area contributed by atoms with Crippen molar-refractivity contribution < 1.29 is 4.79 Å². The van der Waals surface area contributed by atoms with Crippen LogP contribution in [0.2, 0.25) is 0 Å². The van der Waals surface area contributed by atoms with E-state index >= 15 is 0 Å². The summed E-state index contributed by atoms with van der Waals surface area (Å²) in [5, 5.41) is 8.22. The van der Waals surface area contributed by atoms with E-state index in [1.807, 2.05) is 18.2 Å². The zero-order chi connectivity index (χ0) is 17.3. The number of nitrogen functional groups attached to an aromatic ring is 1. The van der Waals surface area contributed by atoms with Gasteiger partial charge in [0.2, 0.25) is 5.95 Å². The van der Waals surface area contributed by atoms with Gasteiger partial charge in [0.1, 0.15) is 5.69 Å². The number of carbonyl (C=O) groups is 1. The lowest BCUT2D eigenvalue weighted by Crippen LogP contribution is -2.27. The van der Waals surface area contributed by atoms with Crippen molar-refractivity contribution in [2.24, 2.45) is 13.0 Å². The number of rotatable bonds is 4. The number of hydrogen-bond acceptors (Lipinski definition) is 5. The minimum atomic E-state index is -0.0914. The Bertz CT molecular complexity index is 899. The first kappa shape index (κ1) is 15.9. The molecule has 3 rings (SSSR count). The second kappa shape index (κ2) is 6.27. The molecule has 124 valence electrons. The number of carbonyl (C=O) groups excluding carboxylic acids is 1. The van der Waals surface area contributed by atoms with Crippen molar-refractivity contribution in [3.63, 3.8) is 0 Å². The molecule has 3 aromatic rings. The molecule has 0 radical (unpaired) electrons. The summed E-state index contributed by atoms with van der Waals surface area (Å²) in [5.41, 5.74) is 8.47. The second-order valence-electron chi connectivity index (χ2n) is 6.12. The summed E-state index contributed by atoms with van der Waals surface area (Å²) >= 11 is 0. The molecule has 0 atom stereocenters. The molecule has 0 fully saturated rings. The smallest absolute Gasteiger partial charge is 0.251 e. The Morgan fingerprint density at radius 1 is 1.38 bits per heavy atom. The minimum Gasteiger partial charge on any atom is -0.368 e. The van der Waals surface area contributed by atoms with Gasteiger partial charge in [-0.05, 0) is 18.1 Å². The first-order valence-electron chi connectivity index (χ1n) is 7.79. The largest absolute Gasteiger partial charge is 0.368 e. The van der Waals surface area contributed by atoms with Gasteiger partial charge in [-0.25, -0.2) is 9.67 Å². The van der Waals surface area contributed by atoms with Crippen LogP contribution in [-0.2, 0) is 7.05 Å². The summed E-state index contributed by atoms with van der Waals surface area (Å²) < 4.78 is 1.66. The molecule has 0 bridgehead atoms. The number of nitrogens with one attached hydrogen (secondary N) is 1. The molecular weight excluding hydrogens is 304 g/mol. The predicted molar refractivity (Wildman–Crippen MR) is 93.3 cm³/mol. The number of hydrogen-bond donors (Lipinski definition) is 2. The highest BCUT2D eigenvalue weighted by molar-refractivity contribution is 5.97. The Morgan fingerprint density at radius 3 is 2.92 bits per heavy atom. The molecule has 2 aromatic heterocycles. The number of amides is 1. The summed E-state index contributed by atoms with van der Waals surface area (Å²) in [7, 11) is 1.80. The van der Waals surface area contributed by atoms with Crippen LogP contribution in [0.25, 0.3) is 22.3 Å². The third kappa shape index (κ3) is 3.05. The highest BCUT2D eigenvalue weighted by atomic mass is 16.1. The van der Waals surface area contributed by atoms with Crippen molar-refractivity contribution in [1.82, 2.24) is 25.1 Å². The average molecular weight is 324 g/mol. The SMILES string of the molecule is CC(C)CNC(=O)c1cccc(-c2nn(C)c3nc(N)ncc23)c1. The van der Waals surface area contributed by atoms with Crippen LogP contribution in [0.15, 0.2) is 30.5 Å². The molecule has 0 unspecified atom stereocenters. The van der Waals surface area contributed by atoms with Gasteiger partial charge in [-0.15, -0.1) is 0 Å². The third-order valence-electron chi connectivity index (χ3n) is 3.67. The Kier molecular flexibility index (Phi) is 4.16. The summed E-state index contributed by atoms with van der Waals surface area (Å²) in [4.78, 5) is 20.5. The van der Waals surface area contributed by atoms with Crippen molar-refractivity contribution in [2.75, 3.05) is 12.3 Å². The van der Waals surface area contributed by atoms with E-state index in [0.717, 1.165) is 16.6 Å². The van der Waals surface area contributed by atoms with Gasteiger partial charge in [-0.3, -0.25) is 4.79 Å². The van der Waals surface area contributed by atoms with E-state index in [4.69, 9.17) is 5.73 Å². The Morgan fingerprint density at radius 2 is 2.17 bits per heavy atom. The highest BCUT2D eigenvalue weighted by Crippen LogP contribution is 2.27. The van der Waals surface area contributed by atoms with Crippen molar-refractivity contribution in [3.05, 3.63) is 36.0 Å². The molecular formula is C17H20N6O. The lowest BCUT2D eigenvalue weighted by atomic mass is 10.1. The standard InChI is InChI=1S/C17H20N6O/c1-10(2)8-19-16(24)12-6-4-5-11(7-12)14-13-9-20-17(18)21-15(13)23(3)22-14/h4-7,9-10H,8H2,1-3H3,(H,19,24)(H2,18,20,21). The summed E-state index contributed by atoms with van der Waals surface area (Å²) in [6, 6.07) is 7.38. The molecule has 24 heavy (non-hydrogen) atoms. The number of benzene rings is 1. The molecule has 1 amide bonds. The molecule has 7 nitrogen and oxygen atoms in total. The predicted octanol–water partition coefficient (Wildman–Crippen LogP) is 2.00. The van der Waals surface area contributed by atoms with E-state index in [0.29, 0.717) is 23.7 Å². The van der Waals surface area contributed by atoms with Gasteiger partial charge in [0, 0.05) is 30.9 Å². The van der Waals surface area contributed by atoms with Crippen molar-refractivity contribution in [2.45, 2.75) is 13.8 Å². The zero-order valence-corrected chi connectivity index (χ0v) is 13.9. The van der Waals surface area contributed by atoms with Gasteiger partial charge >= 0.3 is 0 Å². The van der Waals surface area contributed by atoms with Crippen LogP contribution in [0.1, 0.15) is 24.2 Å². The zero-order valence-electron chi connectivity index (χ0n) is 13.9. The van der Waals surface area contributed by atoms with E-state index in [1.54, 1.807) is 24.0 Å². The number of nitrogens with zero attached hydrogens (tertiary/aromatic N) is 4. The fourth-order valence-corrected chi connectivity index (χ4v) is 2.47. The molecule has 0 aliphatic heterocycles. The minimum absolute atomic E-state index is 0.0914. The Labute approximate surface area is 139 Å². The average Bonchev–Trinajstić information content (AvgIpc) is 2.89. The Balaban J connectivity index is 1.99. The monoisotopic (exact) mass is 324 g/mol. The Hall–Kier alpha value is -2.96. The van der Waals surface area contributed by atoms with E-state index in [-0.39, 0.29) is 11.9 Å². The summed E-state index contributed by atoms with van der Waals surface area (Å²) in [6.07, 6.45) is 1.66. The maximum atomic E-state index is 12.3. The maximum absolute atomic E-state index is 12.3. The van der Waals surface area contributed by atoms with Crippen LogP contribution in [0, 0.1) is 5.92 Å². The van der Waals surface area contributed by atoms with Crippen molar-refractivity contribution >= 4 is 22.9 Å². The van der Waals surface area contributed by atoms with Crippen LogP contribution in [0.5, 0.6) is 0 Å². The van der Waals surface area contributed by atoms with Gasteiger partial charge in [0.15, 0.2) is 5.65 Å². The van der Waals surface area contributed by atoms with Gasteiger partial charge in [-0.1, -0.05) is 26.0 Å². The van der Waals surface area contributed by atoms with E-state index in [2.05, 4.69) is 34.2 Å². The van der Waals surface area contributed by atoms with Crippen LogP contribution < -0.4 is 11.1 Å². The number of nitrogens with two attached hydrogens (primary N) is 1. The quantitative estimate of drug-likeness (QED) is 0.765. The van der Waals surface area contributed by atoms with E-state index in [9.17, 15) is 4.79 Å². The second-order valence-corrected chi connectivity index (χ2v) is 6.12. The molecule has 3 N–H and O–H groups in total. The molecule has 0 aliphatic carbocycles. The maximum Gasteiger partial charge on any atom is 0.251 e. The molecule has 0 saturated carbocycles. The van der Waals surface area contributed by atoms with Gasteiger partial charge in [0.05, 0.1) is 5.39 Å². The third-order valence-corrected chi connectivity index (χ3v) is 3.67. The normalized spacial score (nSPS) is 11.2. The van der Waals surface area contributed by atoms with Crippen LogP contribution in [0.3, 0.4) is 0 Å². The molecule has 2 heterocycles. The number of aryl methyl sites for hydroxylation is 1. The topological polar surface area (TPSA) is 98.7 Å². The molecule has 0 saturated heterocycles. The fraction of sp³-hybridized carbons (Fsp3) is 0.294. The first-order chi connectivity index (χ1) is 11.5. The van der Waals surface area contributed by atoms with Gasteiger partial charge in [0.25, 0.3) is 5.91 Å². The number of anilines is 1. The summed E-state index contributed by atoms with van der Waals surface area (Å²) in [6.45, 7) is 4.76. The molecule has 0 aliphatic rings. The van der Waals surface area contributed by atoms with E-state index < -0.39 is 0 Å². The van der Waals surface area contributed by atoms with Crippen molar-refractivity contribution in [3.8, 4) is 11.3 Å². The van der Waals surface area contributed by atoms with Crippen LogP contribution in [0.4, 0.5) is 5.95 Å². The van der Waals surface area contributed by atoms with Crippen LogP contribution >= 0.6 is 0 Å². The first-order valence-corrected chi connectivity index (χ1v) is 7.79. The van der Waals surface area contributed by atoms with Gasteiger partial charge in [-0.2, -0.15) is 10.1 Å². The highest BCUT2D eigenvalue weighted by Gasteiger charge is 2.14. The number of fused-ring (bicyclic) bond motifs is 1. The molecule has 7 heteroatoms. The van der Waals surface area contributed by atoms with Crippen molar-refractivity contribution in [1.29, 1.82) is 0 Å². The number of aromatic nitrogens is 4.